The molecule has 15 atom stereocenters. The van der Waals surface area contributed by atoms with E-state index in [2.05, 4.69) is 10.6 Å². The van der Waals surface area contributed by atoms with Crippen LogP contribution in [-0.4, -0.2) is 127 Å². The van der Waals surface area contributed by atoms with Crippen molar-refractivity contribution in [3.8, 4) is 0 Å². The molecular formula is C40H63N2O11S2+. The Morgan fingerprint density at radius 1 is 0.945 bits per heavy atom. The highest BCUT2D eigenvalue weighted by Crippen LogP contribution is 2.60. The van der Waals surface area contributed by atoms with Crippen molar-refractivity contribution >= 4 is 33.2 Å². The molecule has 15 heteroatoms. The van der Waals surface area contributed by atoms with Crippen molar-refractivity contribution in [2.75, 3.05) is 32.2 Å². The molecule has 55 heavy (non-hydrogen) atoms. The Hall–Kier alpha value is -1.08. The van der Waals surface area contributed by atoms with Crippen molar-refractivity contribution in [2.45, 2.75) is 138 Å². The number of allylic oxidation sites excluding steroid dienone is 4. The molecule has 6 fully saturated rings. The molecule has 7 aliphatic rings. The number of carbonyl (C=O) groups is 2. The SMILES string of the molecule is O=C1C2CCCC3O[C@@H]4O[C@H](CO)[C@@H](O)[C@](O)(CCC5CC[NH2+]C(C5)NCSS[C@@H](CCCO)[C@@]5(C(=O)C32)C(O)=CC(CC2CCCC(CO)C2)=C[C@@H]15)[C@H]4O. The zero-order chi connectivity index (χ0) is 38.9. The normalized spacial score (nSPS) is 45.7. The molecule has 0 aromatic carbocycles. The number of hydrogen-bond acceptors (Lipinski definition) is 14. The fourth-order valence-corrected chi connectivity index (χ4v) is 14.2. The predicted octanol–water partition coefficient (Wildman–Crippen LogP) is 1.45. The monoisotopic (exact) mass is 811 g/mol. The molecule has 3 heterocycles. The Morgan fingerprint density at radius 2 is 1.75 bits per heavy atom. The average molecular weight is 812 g/mol. The van der Waals surface area contributed by atoms with Crippen molar-refractivity contribution < 1.29 is 60.1 Å². The van der Waals surface area contributed by atoms with Gasteiger partial charge in [0, 0.05) is 30.8 Å². The lowest BCUT2D eigenvalue weighted by molar-refractivity contribution is -0.704. The quantitative estimate of drug-likeness (QED) is 0.166. The standard InChI is InChI=1S/C40H62N2O11S2/c43-13-3-8-31-40-27(16-25(17-30(40)46)15-23-4-1-5-24(14-23)19-44)34(47)26-6-2-7-28(33(26)36(40)49)52-38-37(50)39(51,35(48)29(20-45)53-38)11-9-22-10-12-41-32(18-22)42-21-54-55-31/h16-17,22-24,26-29,31-33,35,37-38,41-46,48,50-51H,1-15,18-21H2/p+1/t22?,23?,24?,26?,27-,28?,29+,31-,32?,33?,35+,37-,38+,39+,40-/m0/s1. The van der Waals surface area contributed by atoms with Crippen LogP contribution in [-0.2, 0) is 19.1 Å². The molecule has 13 nitrogen and oxygen atoms in total. The molecule has 3 aliphatic heterocycles. The summed E-state index contributed by atoms with van der Waals surface area (Å²) in [6, 6.07) is 0. The number of aliphatic hydroxyl groups excluding tert-OH is 6. The summed E-state index contributed by atoms with van der Waals surface area (Å²) < 4.78 is 12.5. The van der Waals surface area contributed by atoms with Gasteiger partial charge in [0.05, 0.1) is 37.0 Å². The minimum atomic E-state index is -2.05. The molecular weight excluding hydrogens is 749 g/mol. The summed E-state index contributed by atoms with van der Waals surface area (Å²) >= 11 is 0. The fraction of sp³-hybridized carbons (Fsp3) is 0.850. The van der Waals surface area contributed by atoms with Crippen LogP contribution in [0.2, 0.25) is 0 Å². The smallest absolute Gasteiger partial charge is 0.187 e. The number of nitrogens with one attached hydrogen (secondary N) is 1. The van der Waals surface area contributed by atoms with E-state index in [4.69, 9.17) is 9.47 Å². The topological polar surface area (TPSA) is 223 Å². The van der Waals surface area contributed by atoms with Crippen LogP contribution in [0, 0.1) is 40.9 Å². The third-order valence-corrected chi connectivity index (χ3v) is 17.0. The minimum Gasteiger partial charge on any atom is -0.511 e. The highest BCUT2D eigenvalue weighted by Gasteiger charge is 2.67. The number of aliphatic hydroxyl groups is 7. The Bertz CT molecular complexity index is 1440. The lowest BCUT2D eigenvalue weighted by atomic mass is 9.50. The maximum atomic E-state index is 15.6. The summed E-state index contributed by atoms with van der Waals surface area (Å²) in [7, 11) is 3.03. The van der Waals surface area contributed by atoms with Gasteiger partial charge in [-0.15, -0.1) is 0 Å². The van der Waals surface area contributed by atoms with Crippen LogP contribution in [0.15, 0.2) is 23.5 Å². The average Bonchev–Trinajstić information content (AvgIpc) is 3.19. The van der Waals surface area contributed by atoms with Gasteiger partial charge in [0.15, 0.2) is 12.1 Å². The number of ether oxygens (including phenoxy) is 2. The molecule has 7 rings (SSSR count). The molecule has 0 radical (unpaired) electrons. The number of ketones is 2. The first-order valence-corrected chi connectivity index (χ1v) is 23.2. The number of hydrogen-bond donors (Lipinski definition) is 9. The highest BCUT2D eigenvalue weighted by atomic mass is 33.1. The van der Waals surface area contributed by atoms with Crippen LogP contribution in [0.25, 0.3) is 0 Å². The molecule has 6 bridgehead atoms. The van der Waals surface area contributed by atoms with Crippen LogP contribution < -0.4 is 10.6 Å². The van der Waals surface area contributed by atoms with Gasteiger partial charge in [0.25, 0.3) is 0 Å². The Morgan fingerprint density at radius 3 is 2.53 bits per heavy atom. The fourth-order valence-electron chi connectivity index (χ4n) is 11.3. The summed E-state index contributed by atoms with van der Waals surface area (Å²) in [5, 5.41) is 82.9. The van der Waals surface area contributed by atoms with Gasteiger partial charge in [0.1, 0.15) is 47.0 Å². The molecule has 310 valence electrons. The molecule has 4 aliphatic carbocycles. The van der Waals surface area contributed by atoms with E-state index in [9.17, 15) is 35.7 Å². The predicted molar refractivity (Wildman–Crippen MR) is 206 cm³/mol. The minimum absolute atomic E-state index is 0.0529. The third-order valence-electron chi connectivity index (χ3n) is 14.2. The van der Waals surface area contributed by atoms with Gasteiger partial charge in [-0.05, 0) is 93.6 Å². The first-order valence-electron chi connectivity index (χ1n) is 20.8. The van der Waals surface area contributed by atoms with Gasteiger partial charge in [-0.25, -0.2) is 0 Å². The van der Waals surface area contributed by atoms with Crippen LogP contribution in [0.4, 0.5) is 0 Å². The van der Waals surface area contributed by atoms with Gasteiger partial charge in [-0.3, -0.25) is 14.9 Å². The third kappa shape index (κ3) is 8.13. The van der Waals surface area contributed by atoms with E-state index in [0.717, 1.165) is 50.6 Å². The van der Waals surface area contributed by atoms with E-state index < -0.39 is 71.3 Å². The summed E-state index contributed by atoms with van der Waals surface area (Å²) in [5.74, 6) is -1.93. The van der Waals surface area contributed by atoms with Crippen LogP contribution in [0.1, 0.15) is 89.9 Å². The van der Waals surface area contributed by atoms with E-state index in [1.807, 2.05) is 6.08 Å². The number of carbonyl (C=O) groups excluding carboxylic acids is 2. The summed E-state index contributed by atoms with van der Waals surface area (Å²) in [6.07, 6.45) is 5.67. The van der Waals surface area contributed by atoms with Crippen molar-refractivity contribution in [3.05, 3.63) is 23.5 Å². The van der Waals surface area contributed by atoms with E-state index in [1.165, 1.54) is 10.8 Å². The largest absolute Gasteiger partial charge is 0.511 e. The van der Waals surface area contributed by atoms with Gasteiger partial charge in [-0.2, -0.15) is 0 Å². The van der Waals surface area contributed by atoms with Gasteiger partial charge in [0.2, 0.25) is 0 Å². The Balaban J connectivity index is 1.28. The summed E-state index contributed by atoms with van der Waals surface area (Å²) in [5.41, 5.74) is -2.85. The van der Waals surface area contributed by atoms with Gasteiger partial charge >= 0.3 is 0 Å². The zero-order valence-electron chi connectivity index (χ0n) is 31.8. The molecule has 0 aromatic rings. The van der Waals surface area contributed by atoms with E-state index in [0.29, 0.717) is 50.8 Å². The van der Waals surface area contributed by atoms with Crippen LogP contribution >= 0.6 is 21.6 Å². The van der Waals surface area contributed by atoms with E-state index in [-0.39, 0.29) is 60.9 Å². The second-order valence-electron chi connectivity index (χ2n) is 17.5. The van der Waals surface area contributed by atoms with Crippen molar-refractivity contribution in [3.63, 3.8) is 0 Å². The lowest BCUT2D eigenvalue weighted by Gasteiger charge is -2.54. The number of piperidine rings is 1. The number of fused-ring (bicyclic) bond motifs is 4. The molecule has 7 unspecified atom stereocenters. The summed E-state index contributed by atoms with van der Waals surface area (Å²) in [6.45, 7) is 0.254. The maximum Gasteiger partial charge on any atom is 0.187 e. The van der Waals surface area contributed by atoms with Crippen molar-refractivity contribution in [1.82, 2.24) is 5.32 Å². The first-order chi connectivity index (χ1) is 26.5. The zero-order valence-corrected chi connectivity index (χ0v) is 33.4. The Labute approximate surface area is 331 Å². The molecule has 3 saturated carbocycles. The van der Waals surface area contributed by atoms with Crippen molar-refractivity contribution in [1.29, 1.82) is 0 Å². The molecule has 10 N–H and O–H groups in total. The Kier molecular flexibility index (Phi) is 13.8. The van der Waals surface area contributed by atoms with Crippen molar-refractivity contribution in [2.24, 2.45) is 40.9 Å². The molecule has 0 amide bonds. The van der Waals surface area contributed by atoms with E-state index in [1.54, 1.807) is 16.9 Å². The second-order valence-corrected chi connectivity index (χ2v) is 20.1. The number of quaternary nitrogens is 1. The first kappa shape index (κ1) is 42.1. The van der Waals surface area contributed by atoms with Gasteiger partial charge < -0.3 is 50.5 Å². The van der Waals surface area contributed by atoms with Crippen LogP contribution in [0.5, 0.6) is 0 Å². The second kappa shape index (κ2) is 18.0. The van der Waals surface area contributed by atoms with Crippen LogP contribution in [0.3, 0.4) is 0 Å². The molecule has 1 spiro atoms. The molecule has 3 saturated heterocycles. The highest BCUT2D eigenvalue weighted by molar-refractivity contribution is 8.76. The number of Topliss-reactive ketones (excluding diaryl/α,β-unsaturated/α-hetero) is 2. The molecule has 0 aromatic heterocycles. The maximum absolute atomic E-state index is 15.6. The lowest BCUT2D eigenvalue weighted by Crippen LogP contribution is -2.95. The number of rotatable bonds is 7. The number of nitrogens with two attached hydrogens (primary N) is 1. The van der Waals surface area contributed by atoms with Gasteiger partial charge in [-0.1, -0.05) is 46.9 Å². The van der Waals surface area contributed by atoms with E-state index >= 15 is 9.59 Å². The summed E-state index contributed by atoms with van der Waals surface area (Å²) in [4.78, 5) is 30.6.